The molecule has 0 amide bonds. The number of fused-ring (bicyclic) bond motifs is 2. The molecule has 0 N–H and O–H groups in total. The predicted octanol–water partition coefficient (Wildman–Crippen LogP) is 2.31. The number of rotatable bonds is 0. The van der Waals surface area contributed by atoms with Crippen molar-refractivity contribution in [3.8, 4) is 5.75 Å². The molecular weight excluding hydrogens is 176 g/mol. The summed E-state index contributed by atoms with van der Waals surface area (Å²) >= 11 is 0. The summed E-state index contributed by atoms with van der Waals surface area (Å²) in [5.74, 6) is 1.06. The molecule has 1 atom stereocenters. The van der Waals surface area contributed by atoms with E-state index in [9.17, 15) is 0 Å². The van der Waals surface area contributed by atoms with Crippen molar-refractivity contribution in [3.63, 3.8) is 0 Å². The number of epoxide rings is 1. The highest BCUT2D eigenvalue weighted by atomic mass is 16.6. The fraction of sp³-hybridized carbons (Fsp3) is 0.500. The van der Waals surface area contributed by atoms with Gasteiger partial charge in [0.25, 0.3) is 0 Å². The standard InChI is InChI=1S/C12H14O2/c1-8-3-4-9(2)11-10(8)12(7-14-12)5-6-13-11/h3-4H,5-7H2,1-2H3. The van der Waals surface area contributed by atoms with Crippen LogP contribution in [0.5, 0.6) is 5.75 Å². The third-order valence-corrected chi connectivity index (χ3v) is 3.26. The summed E-state index contributed by atoms with van der Waals surface area (Å²) < 4.78 is 11.3. The van der Waals surface area contributed by atoms with Crippen molar-refractivity contribution in [2.24, 2.45) is 0 Å². The van der Waals surface area contributed by atoms with Gasteiger partial charge in [-0.15, -0.1) is 0 Å². The number of aryl methyl sites for hydroxylation is 2. The minimum Gasteiger partial charge on any atom is -0.493 e. The summed E-state index contributed by atoms with van der Waals surface area (Å²) in [4.78, 5) is 0. The fourth-order valence-corrected chi connectivity index (χ4v) is 2.36. The molecular formula is C12H14O2. The molecule has 1 spiro atoms. The van der Waals surface area contributed by atoms with Crippen molar-refractivity contribution in [1.82, 2.24) is 0 Å². The van der Waals surface area contributed by atoms with Crippen LogP contribution in [0.2, 0.25) is 0 Å². The first-order valence-electron chi connectivity index (χ1n) is 5.10. The van der Waals surface area contributed by atoms with Crippen LogP contribution in [0, 0.1) is 13.8 Å². The van der Waals surface area contributed by atoms with Gasteiger partial charge in [-0.3, -0.25) is 0 Å². The average Bonchev–Trinajstić information content (AvgIpc) is 2.92. The van der Waals surface area contributed by atoms with Crippen LogP contribution in [0.25, 0.3) is 0 Å². The molecule has 2 aliphatic heterocycles. The van der Waals surface area contributed by atoms with Gasteiger partial charge in [0, 0.05) is 12.0 Å². The lowest BCUT2D eigenvalue weighted by Crippen LogP contribution is -2.23. The molecule has 0 aromatic heterocycles. The quantitative estimate of drug-likeness (QED) is 0.585. The monoisotopic (exact) mass is 190 g/mol. The second-order valence-electron chi connectivity index (χ2n) is 4.28. The summed E-state index contributed by atoms with van der Waals surface area (Å²) in [5.41, 5.74) is 3.83. The Kier molecular flexibility index (Phi) is 1.49. The summed E-state index contributed by atoms with van der Waals surface area (Å²) in [6.07, 6.45) is 1.00. The fourth-order valence-electron chi connectivity index (χ4n) is 2.36. The van der Waals surface area contributed by atoms with Gasteiger partial charge in [-0.1, -0.05) is 12.1 Å². The maximum atomic E-state index is 5.73. The van der Waals surface area contributed by atoms with Crippen LogP contribution in [-0.2, 0) is 10.3 Å². The van der Waals surface area contributed by atoms with Gasteiger partial charge in [-0.25, -0.2) is 0 Å². The molecule has 0 saturated carbocycles. The maximum absolute atomic E-state index is 5.73. The summed E-state index contributed by atoms with van der Waals surface area (Å²) in [5, 5.41) is 0. The van der Waals surface area contributed by atoms with E-state index < -0.39 is 0 Å². The number of hydrogen-bond donors (Lipinski definition) is 0. The smallest absolute Gasteiger partial charge is 0.128 e. The van der Waals surface area contributed by atoms with Crippen LogP contribution < -0.4 is 4.74 Å². The van der Waals surface area contributed by atoms with Crippen LogP contribution in [0.4, 0.5) is 0 Å². The van der Waals surface area contributed by atoms with Gasteiger partial charge in [0.2, 0.25) is 0 Å². The Morgan fingerprint density at radius 1 is 1.21 bits per heavy atom. The molecule has 14 heavy (non-hydrogen) atoms. The molecule has 2 heterocycles. The third kappa shape index (κ3) is 0.947. The lowest BCUT2D eigenvalue weighted by Gasteiger charge is -2.26. The molecule has 0 radical (unpaired) electrons. The lowest BCUT2D eigenvalue weighted by atomic mass is 9.88. The van der Waals surface area contributed by atoms with E-state index in [2.05, 4.69) is 26.0 Å². The van der Waals surface area contributed by atoms with Crippen LogP contribution >= 0.6 is 0 Å². The third-order valence-electron chi connectivity index (χ3n) is 3.26. The van der Waals surface area contributed by atoms with E-state index in [-0.39, 0.29) is 5.60 Å². The minimum absolute atomic E-state index is 0.0175. The predicted molar refractivity (Wildman–Crippen MR) is 53.7 cm³/mol. The van der Waals surface area contributed by atoms with Crippen molar-refractivity contribution in [2.45, 2.75) is 25.9 Å². The van der Waals surface area contributed by atoms with Crippen LogP contribution in [0.1, 0.15) is 23.1 Å². The number of benzene rings is 1. The highest BCUT2D eigenvalue weighted by Crippen LogP contribution is 2.50. The summed E-state index contributed by atoms with van der Waals surface area (Å²) in [6, 6.07) is 4.28. The highest BCUT2D eigenvalue weighted by Gasteiger charge is 2.51. The lowest BCUT2D eigenvalue weighted by molar-refractivity contribution is 0.191. The molecule has 1 aromatic carbocycles. The van der Waals surface area contributed by atoms with E-state index in [0.29, 0.717) is 0 Å². The second kappa shape index (κ2) is 2.51. The van der Waals surface area contributed by atoms with E-state index in [1.165, 1.54) is 16.7 Å². The number of hydrogen-bond acceptors (Lipinski definition) is 2. The zero-order valence-electron chi connectivity index (χ0n) is 8.59. The van der Waals surface area contributed by atoms with Gasteiger partial charge >= 0.3 is 0 Å². The van der Waals surface area contributed by atoms with Crippen molar-refractivity contribution >= 4 is 0 Å². The first-order chi connectivity index (χ1) is 6.73. The van der Waals surface area contributed by atoms with E-state index >= 15 is 0 Å². The Morgan fingerprint density at radius 2 is 1.93 bits per heavy atom. The zero-order chi connectivity index (χ0) is 9.76. The van der Waals surface area contributed by atoms with Gasteiger partial charge in [-0.05, 0) is 25.0 Å². The molecule has 0 aliphatic carbocycles. The van der Waals surface area contributed by atoms with Crippen molar-refractivity contribution in [3.05, 3.63) is 28.8 Å². The Bertz CT molecular complexity index is 392. The molecule has 1 aromatic rings. The van der Waals surface area contributed by atoms with Crippen molar-refractivity contribution < 1.29 is 9.47 Å². The van der Waals surface area contributed by atoms with Crippen LogP contribution in [0.15, 0.2) is 12.1 Å². The highest BCUT2D eigenvalue weighted by molar-refractivity contribution is 5.51. The normalized spacial score (nSPS) is 28.4. The van der Waals surface area contributed by atoms with Gasteiger partial charge in [0.05, 0.1) is 13.2 Å². The van der Waals surface area contributed by atoms with E-state index in [1.54, 1.807) is 0 Å². The Hall–Kier alpha value is -1.02. The average molecular weight is 190 g/mol. The van der Waals surface area contributed by atoms with E-state index in [4.69, 9.17) is 9.47 Å². The SMILES string of the molecule is Cc1ccc(C)c2c1OCCC21CO1. The zero-order valence-corrected chi connectivity index (χ0v) is 8.59. The largest absolute Gasteiger partial charge is 0.493 e. The van der Waals surface area contributed by atoms with Crippen LogP contribution in [0.3, 0.4) is 0 Å². The van der Waals surface area contributed by atoms with Gasteiger partial charge in [-0.2, -0.15) is 0 Å². The molecule has 0 bridgehead atoms. The molecule has 1 fully saturated rings. The number of ether oxygens (including phenoxy) is 2. The van der Waals surface area contributed by atoms with Gasteiger partial charge in [0.1, 0.15) is 11.4 Å². The summed E-state index contributed by atoms with van der Waals surface area (Å²) in [7, 11) is 0. The molecule has 1 unspecified atom stereocenters. The second-order valence-corrected chi connectivity index (χ2v) is 4.28. The first kappa shape index (κ1) is 8.30. The topological polar surface area (TPSA) is 21.8 Å². The van der Waals surface area contributed by atoms with E-state index in [1.807, 2.05) is 0 Å². The van der Waals surface area contributed by atoms with Crippen LogP contribution in [-0.4, -0.2) is 13.2 Å². The minimum atomic E-state index is 0.0175. The maximum Gasteiger partial charge on any atom is 0.128 e. The molecule has 3 rings (SSSR count). The van der Waals surface area contributed by atoms with E-state index in [0.717, 1.165) is 25.4 Å². The molecule has 1 saturated heterocycles. The summed E-state index contributed by atoms with van der Waals surface area (Å²) in [6.45, 7) is 5.89. The van der Waals surface area contributed by atoms with Gasteiger partial charge in [0.15, 0.2) is 0 Å². The Balaban J connectivity index is 2.25. The van der Waals surface area contributed by atoms with Crippen molar-refractivity contribution in [1.29, 1.82) is 0 Å². The molecule has 74 valence electrons. The Labute approximate surface area is 83.8 Å². The molecule has 2 nitrogen and oxygen atoms in total. The van der Waals surface area contributed by atoms with Gasteiger partial charge < -0.3 is 9.47 Å². The first-order valence-corrected chi connectivity index (χ1v) is 5.10. The van der Waals surface area contributed by atoms with Crippen molar-refractivity contribution in [2.75, 3.05) is 13.2 Å². The molecule has 2 aliphatic rings. The molecule has 2 heteroatoms. The Morgan fingerprint density at radius 3 is 2.64 bits per heavy atom.